The fourth-order valence-electron chi connectivity index (χ4n) is 6.51. The van der Waals surface area contributed by atoms with Gasteiger partial charge < -0.3 is 30.7 Å². The van der Waals surface area contributed by atoms with Gasteiger partial charge in [0.1, 0.15) is 16.7 Å². The molecule has 1 heterocycles. The molecule has 0 fully saturated rings. The van der Waals surface area contributed by atoms with Gasteiger partial charge in [-0.3, -0.25) is 24.0 Å². The Morgan fingerprint density at radius 3 is 2.11 bits per heavy atom. The minimum Gasteiger partial charge on any atom is -0.481 e. The zero-order chi connectivity index (χ0) is 40.0. The number of amides is 3. The molecular formula is C40H63N5O7S. The monoisotopic (exact) mass is 757 g/mol. The third-order valence-corrected chi connectivity index (χ3v) is 10.7. The van der Waals surface area contributed by atoms with E-state index >= 15 is 0 Å². The van der Waals surface area contributed by atoms with Gasteiger partial charge in [0.2, 0.25) is 11.8 Å². The van der Waals surface area contributed by atoms with Crippen LogP contribution in [-0.4, -0.2) is 82.4 Å². The molecule has 0 aliphatic rings. The van der Waals surface area contributed by atoms with Crippen LogP contribution >= 0.6 is 11.3 Å². The highest BCUT2D eigenvalue weighted by molar-refractivity contribution is 7.09. The van der Waals surface area contributed by atoms with E-state index in [4.69, 9.17) is 4.74 Å². The molecule has 0 spiro atoms. The van der Waals surface area contributed by atoms with E-state index in [9.17, 15) is 29.1 Å². The van der Waals surface area contributed by atoms with Crippen molar-refractivity contribution >= 4 is 41.0 Å². The molecule has 12 nitrogen and oxygen atoms in total. The summed E-state index contributed by atoms with van der Waals surface area (Å²) >= 11 is 1.19. The first kappa shape index (κ1) is 45.3. The fraction of sp³-hybridized carbons (Fsp3) is 0.650. The summed E-state index contributed by atoms with van der Waals surface area (Å²) in [6.45, 7) is 18.8. The van der Waals surface area contributed by atoms with Crippen molar-refractivity contribution in [3.8, 4) is 0 Å². The summed E-state index contributed by atoms with van der Waals surface area (Å²) in [5, 5.41) is 20.9. The molecule has 0 aliphatic heterocycles. The Labute approximate surface area is 320 Å². The van der Waals surface area contributed by atoms with Crippen molar-refractivity contribution in [2.45, 2.75) is 132 Å². The van der Waals surface area contributed by atoms with E-state index in [1.165, 1.54) is 18.3 Å². The van der Waals surface area contributed by atoms with Gasteiger partial charge in [-0.15, -0.1) is 11.3 Å². The number of carbonyl (C=O) groups is 5. The second-order valence-electron chi connectivity index (χ2n) is 15.4. The molecule has 4 N–H and O–H groups in total. The largest absolute Gasteiger partial charge is 0.481 e. The highest BCUT2D eigenvalue weighted by Crippen LogP contribution is 2.32. The van der Waals surface area contributed by atoms with Crippen molar-refractivity contribution in [2.24, 2.45) is 23.2 Å². The Hall–Kier alpha value is -3.84. The summed E-state index contributed by atoms with van der Waals surface area (Å²) in [7, 11) is 1.73. The molecule has 6 atom stereocenters. The van der Waals surface area contributed by atoms with Crippen molar-refractivity contribution < 1.29 is 33.8 Å². The predicted molar refractivity (Wildman–Crippen MR) is 208 cm³/mol. The van der Waals surface area contributed by atoms with E-state index in [0.29, 0.717) is 30.8 Å². The number of hydrogen-bond donors (Lipinski definition) is 4. The lowest BCUT2D eigenvalue weighted by Gasteiger charge is -2.39. The molecule has 2 rings (SSSR count). The Bertz CT molecular complexity index is 1500. The maximum absolute atomic E-state index is 14.5. The van der Waals surface area contributed by atoms with Crippen LogP contribution in [0, 0.1) is 23.2 Å². The summed E-state index contributed by atoms with van der Waals surface area (Å²) in [6.07, 6.45) is 1.35. The van der Waals surface area contributed by atoms with Gasteiger partial charge in [-0.2, -0.15) is 0 Å². The normalized spacial score (nSPS) is 15.2. The Kier molecular flexibility index (Phi) is 18.1. The summed E-state index contributed by atoms with van der Waals surface area (Å²) in [4.78, 5) is 72.3. The molecule has 0 bridgehead atoms. The van der Waals surface area contributed by atoms with Gasteiger partial charge in [-0.25, -0.2) is 4.98 Å². The Morgan fingerprint density at radius 2 is 1.60 bits per heavy atom. The van der Waals surface area contributed by atoms with Crippen molar-refractivity contribution in [3.05, 3.63) is 52.0 Å². The number of carboxylic acids is 1. The number of carboxylic acid groups (broad SMARTS) is 1. The van der Waals surface area contributed by atoms with Crippen LogP contribution in [0.1, 0.15) is 122 Å². The summed E-state index contributed by atoms with van der Waals surface area (Å²) in [6, 6.07) is 7.44. The molecule has 0 saturated carbocycles. The van der Waals surface area contributed by atoms with Crippen molar-refractivity contribution in [3.63, 3.8) is 0 Å². The fourth-order valence-corrected chi connectivity index (χ4v) is 7.35. The number of hydrogen-bond acceptors (Lipinski definition) is 9. The van der Waals surface area contributed by atoms with Crippen LogP contribution in [0.5, 0.6) is 0 Å². The molecule has 0 saturated heterocycles. The van der Waals surface area contributed by atoms with Crippen molar-refractivity contribution in [1.82, 2.24) is 25.8 Å². The van der Waals surface area contributed by atoms with Crippen LogP contribution in [0.2, 0.25) is 0 Å². The number of aliphatic carboxylic acids is 1. The molecule has 296 valence electrons. The lowest BCUT2D eigenvalue weighted by molar-refractivity contribution is -0.150. The lowest BCUT2D eigenvalue weighted by atomic mass is 9.84. The van der Waals surface area contributed by atoms with E-state index in [1.807, 2.05) is 83.7 Å². The first-order valence-corrected chi connectivity index (χ1v) is 19.7. The number of nitrogens with zero attached hydrogens (tertiary/aromatic N) is 2. The number of carbonyl (C=O) groups excluding carboxylic acids is 4. The third kappa shape index (κ3) is 13.5. The Balaban J connectivity index is 2.44. The van der Waals surface area contributed by atoms with Gasteiger partial charge in [0.15, 0.2) is 6.10 Å². The van der Waals surface area contributed by atoms with Crippen molar-refractivity contribution in [1.29, 1.82) is 0 Å². The van der Waals surface area contributed by atoms with Crippen LogP contribution in [0.15, 0.2) is 35.7 Å². The quantitative estimate of drug-likeness (QED) is 0.105. The van der Waals surface area contributed by atoms with Gasteiger partial charge in [0.05, 0.1) is 11.5 Å². The molecule has 0 unspecified atom stereocenters. The number of ether oxygens (including phenoxy) is 1. The second-order valence-corrected chi connectivity index (χ2v) is 16.3. The Morgan fingerprint density at radius 1 is 0.962 bits per heavy atom. The van der Waals surface area contributed by atoms with Gasteiger partial charge in [0, 0.05) is 37.4 Å². The van der Waals surface area contributed by atoms with Gasteiger partial charge >= 0.3 is 11.9 Å². The molecule has 3 amide bonds. The van der Waals surface area contributed by atoms with Crippen LogP contribution in [0.25, 0.3) is 0 Å². The van der Waals surface area contributed by atoms with Gasteiger partial charge in [0.25, 0.3) is 5.91 Å². The average Bonchev–Trinajstić information content (AvgIpc) is 3.58. The van der Waals surface area contributed by atoms with E-state index in [0.717, 1.165) is 5.56 Å². The number of nitrogens with one attached hydrogen (secondary N) is 3. The summed E-state index contributed by atoms with van der Waals surface area (Å²) < 4.78 is 5.83. The van der Waals surface area contributed by atoms with Crippen LogP contribution in [0.4, 0.5) is 0 Å². The van der Waals surface area contributed by atoms with Crippen LogP contribution in [0.3, 0.4) is 0 Å². The zero-order valence-electron chi connectivity index (χ0n) is 33.5. The lowest BCUT2D eigenvalue weighted by Crippen LogP contribution is -2.58. The first-order chi connectivity index (χ1) is 24.9. The average molecular weight is 758 g/mol. The van der Waals surface area contributed by atoms with E-state index < -0.39 is 53.5 Å². The maximum Gasteiger partial charge on any atom is 0.309 e. The topological polar surface area (TPSA) is 167 Å². The van der Waals surface area contributed by atoms with E-state index in [2.05, 4.69) is 20.9 Å². The maximum atomic E-state index is 14.5. The second kappa shape index (κ2) is 21.2. The minimum atomic E-state index is -1.09. The van der Waals surface area contributed by atoms with E-state index in [-0.39, 0.29) is 48.1 Å². The number of thiazole rings is 1. The number of likely N-dealkylation sites (N-methyl/N-ethyl adjacent to an activating group) is 1. The smallest absolute Gasteiger partial charge is 0.309 e. The standard InChI is InChI=1S/C40H63N5O7S/c1-12-19-45(38(49)34(26(7)13-2)44-36(48)33(41-11)25(5)6)31(24(3)4)21-32(52-27(8)46)37-43-30(23-53-37)35(47)42-29(22-40(9,10)39(50)51)20-28-17-15-14-16-18-28/h14-18,23-26,29,31-34,41H,12-13,19-22H2,1-11H3,(H,42,47)(H,44,48)(H,50,51)/t26-,29-,31+,32+,33+,34-/m0/s1. The first-order valence-electron chi connectivity index (χ1n) is 18.8. The molecule has 0 radical (unpaired) electrons. The third-order valence-electron chi connectivity index (χ3n) is 9.74. The molecular weight excluding hydrogens is 695 g/mol. The SMILES string of the molecule is CCCN(C(=O)[C@@H](NC(=O)[C@H](NC)C(C)C)[C@@H](C)CC)[C@H](C[C@@H](OC(C)=O)c1nc(C(=O)N[C@@H](Cc2ccccc2)CC(C)(C)C(=O)O)cs1)C(C)C. The van der Waals surface area contributed by atoms with Crippen molar-refractivity contribution in [2.75, 3.05) is 13.6 Å². The number of aromatic nitrogens is 1. The predicted octanol–water partition coefficient (Wildman–Crippen LogP) is 6.02. The number of rotatable bonds is 22. The zero-order valence-corrected chi connectivity index (χ0v) is 34.3. The molecule has 53 heavy (non-hydrogen) atoms. The highest BCUT2D eigenvalue weighted by Gasteiger charge is 2.38. The van der Waals surface area contributed by atoms with Crippen LogP contribution in [-0.2, 0) is 30.3 Å². The molecule has 2 aromatic rings. The molecule has 1 aromatic heterocycles. The molecule has 0 aliphatic carbocycles. The summed E-state index contributed by atoms with van der Waals surface area (Å²) in [5.74, 6) is -2.56. The van der Waals surface area contributed by atoms with Crippen LogP contribution < -0.4 is 16.0 Å². The highest BCUT2D eigenvalue weighted by atomic mass is 32.1. The minimum absolute atomic E-state index is 0.0175. The van der Waals surface area contributed by atoms with Gasteiger partial charge in [-0.05, 0) is 63.5 Å². The molecule has 13 heteroatoms. The number of esters is 1. The van der Waals surface area contributed by atoms with E-state index in [1.54, 1.807) is 26.3 Å². The van der Waals surface area contributed by atoms with Gasteiger partial charge in [-0.1, -0.05) is 85.2 Å². The number of benzene rings is 1. The molecule has 1 aromatic carbocycles. The summed E-state index contributed by atoms with van der Waals surface area (Å²) in [5.41, 5.74) is -0.0104.